The maximum absolute atomic E-state index is 12.2. The van der Waals surface area contributed by atoms with Gasteiger partial charge in [-0.2, -0.15) is 5.26 Å². The normalized spacial score (nSPS) is 12.4. The van der Waals surface area contributed by atoms with Crippen LogP contribution in [0.5, 0.6) is 0 Å². The number of H-pyrrole nitrogens is 1. The van der Waals surface area contributed by atoms with Crippen molar-refractivity contribution in [2.75, 3.05) is 5.75 Å². The molecule has 0 atom stereocenters. The first-order chi connectivity index (χ1) is 9.84. The number of nitriles is 1. The fraction of sp³-hybridized carbons (Fsp3) is 0.467. The highest BCUT2D eigenvalue weighted by molar-refractivity contribution is 7.91. The second kappa shape index (κ2) is 5.86. The van der Waals surface area contributed by atoms with Crippen molar-refractivity contribution in [1.82, 2.24) is 9.97 Å². The van der Waals surface area contributed by atoms with Crippen molar-refractivity contribution in [1.29, 1.82) is 5.26 Å². The lowest BCUT2D eigenvalue weighted by Crippen LogP contribution is -2.11. The van der Waals surface area contributed by atoms with Crippen molar-refractivity contribution in [3.8, 4) is 6.07 Å². The summed E-state index contributed by atoms with van der Waals surface area (Å²) in [5.41, 5.74) is 0.978. The number of aromatic amines is 1. The standard InChI is InChI=1S/C15H19N3O2S/c1-15(2,11-16)9-5-6-10-21(19,20)14-17-12-7-3-4-8-13(12)18-14/h3-4,7-8H,5-6,9-10H2,1-2H3,(H,17,18). The third-order valence-corrected chi connectivity index (χ3v) is 5.04. The lowest BCUT2D eigenvalue weighted by Gasteiger charge is -2.13. The topological polar surface area (TPSA) is 86.6 Å². The molecule has 1 heterocycles. The van der Waals surface area contributed by atoms with E-state index in [0.29, 0.717) is 24.8 Å². The summed E-state index contributed by atoms with van der Waals surface area (Å²) in [4.78, 5) is 6.98. The maximum Gasteiger partial charge on any atom is 0.226 e. The van der Waals surface area contributed by atoms with E-state index in [9.17, 15) is 8.42 Å². The maximum atomic E-state index is 12.2. The molecule has 6 heteroatoms. The van der Waals surface area contributed by atoms with E-state index >= 15 is 0 Å². The molecule has 112 valence electrons. The average Bonchev–Trinajstić information content (AvgIpc) is 2.88. The highest BCUT2D eigenvalue weighted by Gasteiger charge is 2.20. The minimum atomic E-state index is -3.40. The van der Waals surface area contributed by atoms with Crippen LogP contribution in [-0.4, -0.2) is 24.1 Å². The molecule has 1 aromatic heterocycles. The molecule has 0 radical (unpaired) electrons. The minimum Gasteiger partial charge on any atom is -0.329 e. The summed E-state index contributed by atoms with van der Waals surface area (Å²) >= 11 is 0. The van der Waals surface area contributed by atoms with Gasteiger partial charge in [-0.1, -0.05) is 18.6 Å². The summed E-state index contributed by atoms with van der Waals surface area (Å²) in [5.74, 6) is 0.0499. The SMILES string of the molecule is CC(C)(C#N)CCCCS(=O)(=O)c1nc2ccccc2[nH]1. The summed E-state index contributed by atoms with van der Waals surface area (Å²) in [7, 11) is -3.40. The Bertz CT molecular complexity index is 737. The third kappa shape index (κ3) is 3.82. The highest BCUT2D eigenvalue weighted by Crippen LogP contribution is 2.22. The van der Waals surface area contributed by atoms with Crippen LogP contribution in [0.3, 0.4) is 0 Å². The van der Waals surface area contributed by atoms with E-state index in [1.54, 1.807) is 12.1 Å². The molecule has 2 rings (SSSR count). The average molecular weight is 305 g/mol. The molecule has 0 aliphatic carbocycles. The van der Waals surface area contributed by atoms with Gasteiger partial charge in [-0.25, -0.2) is 13.4 Å². The molecule has 0 saturated carbocycles. The number of aromatic nitrogens is 2. The molecule has 0 fully saturated rings. The molecule has 0 saturated heterocycles. The Labute approximate surface area is 124 Å². The zero-order chi connectivity index (χ0) is 15.5. The van der Waals surface area contributed by atoms with Crippen LogP contribution in [0.15, 0.2) is 29.4 Å². The third-order valence-electron chi connectivity index (χ3n) is 3.43. The molecule has 0 bridgehead atoms. The number of rotatable bonds is 6. The summed E-state index contributed by atoms with van der Waals surface area (Å²) in [6.07, 6.45) is 1.93. The zero-order valence-corrected chi connectivity index (χ0v) is 13.1. The van der Waals surface area contributed by atoms with Crippen molar-refractivity contribution in [2.45, 2.75) is 38.3 Å². The first kappa shape index (κ1) is 15.5. The number of hydrogen-bond acceptors (Lipinski definition) is 4. The number of imidazole rings is 1. The fourth-order valence-electron chi connectivity index (χ4n) is 2.09. The summed E-state index contributed by atoms with van der Waals surface area (Å²) in [6, 6.07) is 9.46. The van der Waals surface area contributed by atoms with Crippen molar-refractivity contribution in [3.63, 3.8) is 0 Å². The molecular weight excluding hydrogens is 286 g/mol. The lowest BCUT2D eigenvalue weighted by molar-refractivity contribution is 0.431. The molecule has 1 aromatic carbocycles. The second-order valence-corrected chi connectivity index (χ2v) is 7.86. The Kier molecular flexibility index (Phi) is 4.33. The number of para-hydroxylation sites is 2. The highest BCUT2D eigenvalue weighted by atomic mass is 32.2. The van der Waals surface area contributed by atoms with Gasteiger partial charge in [-0.15, -0.1) is 0 Å². The second-order valence-electron chi connectivity index (χ2n) is 5.83. The van der Waals surface area contributed by atoms with E-state index in [1.165, 1.54) is 0 Å². The largest absolute Gasteiger partial charge is 0.329 e. The Morgan fingerprint density at radius 2 is 2.00 bits per heavy atom. The molecule has 21 heavy (non-hydrogen) atoms. The van der Waals surface area contributed by atoms with Crippen molar-refractivity contribution in [3.05, 3.63) is 24.3 Å². The fourth-order valence-corrected chi connectivity index (χ4v) is 3.37. The lowest BCUT2D eigenvalue weighted by atomic mass is 9.89. The smallest absolute Gasteiger partial charge is 0.226 e. The van der Waals surface area contributed by atoms with Crippen LogP contribution >= 0.6 is 0 Å². The number of fused-ring (bicyclic) bond motifs is 1. The molecule has 0 amide bonds. The van der Waals surface area contributed by atoms with Gasteiger partial charge in [0.15, 0.2) is 0 Å². The summed E-state index contributed by atoms with van der Waals surface area (Å²) in [5, 5.41) is 8.96. The molecular formula is C15H19N3O2S. The molecule has 0 aliphatic rings. The Hall–Kier alpha value is -1.87. The Morgan fingerprint density at radius 1 is 1.29 bits per heavy atom. The molecule has 2 aromatic rings. The van der Waals surface area contributed by atoms with Crippen LogP contribution in [0.4, 0.5) is 0 Å². The van der Waals surface area contributed by atoms with Crippen LogP contribution in [0.2, 0.25) is 0 Å². The first-order valence-electron chi connectivity index (χ1n) is 6.93. The number of unbranched alkanes of at least 4 members (excludes halogenated alkanes) is 1. The van der Waals surface area contributed by atoms with E-state index < -0.39 is 15.3 Å². The van der Waals surface area contributed by atoms with Gasteiger partial charge in [0.05, 0.1) is 28.3 Å². The van der Waals surface area contributed by atoms with Crippen LogP contribution in [0, 0.1) is 16.7 Å². The van der Waals surface area contributed by atoms with E-state index in [0.717, 1.165) is 5.52 Å². The van der Waals surface area contributed by atoms with Crippen molar-refractivity contribution in [2.24, 2.45) is 5.41 Å². The van der Waals surface area contributed by atoms with Crippen LogP contribution in [0.25, 0.3) is 11.0 Å². The molecule has 1 N–H and O–H groups in total. The monoisotopic (exact) mass is 305 g/mol. The first-order valence-corrected chi connectivity index (χ1v) is 8.58. The summed E-state index contributed by atoms with van der Waals surface area (Å²) in [6.45, 7) is 3.72. The van der Waals surface area contributed by atoms with E-state index in [-0.39, 0.29) is 10.9 Å². The molecule has 0 spiro atoms. The summed E-state index contributed by atoms with van der Waals surface area (Å²) < 4.78 is 24.5. The van der Waals surface area contributed by atoms with Gasteiger partial charge in [0, 0.05) is 0 Å². The number of benzene rings is 1. The van der Waals surface area contributed by atoms with Gasteiger partial charge in [-0.3, -0.25) is 0 Å². The number of sulfone groups is 1. The zero-order valence-electron chi connectivity index (χ0n) is 12.3. The van der Waals surface area contributed by atoms with Crippen LogP contribution in [0.1, 0.15) is 33.1 Å². The Balaban J connectivity index is 2.01. The van der Waals surface area contributed by atoms with Gasteiger partial charge < -0.3 is 4.98 Å². The van der Waals surface area contributed by atoms with E-state index in [2.05, 4.69) is 16.0 Å². The van der Waals surface area contributed by atoms with Crippen LogP contribution in [-0.2, 0) is 9.84 Å². The van der Waals surface area contributed by atoms with Gasteiger partial charge >= 0.3 is 0 Å². The number of nitrogens with one attached hydrogen (secondary N) is 1. The molecule has 5 nitrogen and oxygen atoms in total. The number of nitrogens with zero attached hydrogens (tertiary/aromatic N) is 2. The predicted molar refractivity (Wildman–Crippen MR) is 81.4 cm³/mol. The van der Waals surface area contributed by atoms with E-state index in [4.69, 9.17) is 5.26 Å². The van der Waals surface area contributed by atoms with Crippen molar-refractivity contribution < 1.29 is 8.42 Å². The molecule has 0 unspecified atom stereocenters. The van der Waals surface area contributed by atoms with Gasteiger partial charge in [-0.05, 0) is 38.8 Å². The number of hydrogen-bond donors (Lipinski definition) is 1. The minimum absolute atomic E-state index is 0.0308. The van der Waals surface area contributed by atoms with Gasteiger partial charge in [0.25, 0.3) is 0 Å². The Morgan fingerprint density at radius 3 is 2.67 bits per heavy atom. The van der Waals surface area contributed by atoms with Crippen LogP contribution < -0.4 is 0 Å². The molecule has 0 aliphatic heterocycles. The van der Waals surface area contributed by atoms with Crippen molar-refractivity contribution >= 4 is 20.9 Å². The van der Waals surface area contributed by atoms with E-state index in [1.807, 2.05) is 26.0 Å². The van der Waals surface area contributed by atoms with Gasteiger partial charge in [0.2, 0.25) is 15.0 Å². The quantitative estimate of drug-likeness (QED) is 0.831. The predicted octanol–water partition coefficient (Wildman–Crippen LogP) is 3.06. The van der Waals surface area contributed by atoms with Gasteiger partial charge in [0.1, 0.15) is 0 Å².